The highest BCUT2D eigenvalue weighted by Gasteiger charge is 2.22. The largest absolute Gasteiger partial charge is 0.493 e. The monoisotopic (exact) mass is 418 g/mol. The number of amides is 1. The fourth-order valence-corrected chi connectivity index (χ4v) is 3.20. The minimum atomic E-state index is -0.261. The van der Waals surface area contributed by atoms with Crippen LogP contribution in [0, 0.1) is 5.41 Å². The Labute approximate surface area is 158 Å². The number of hydrogen-bond donors (Lipinski definition) is 2. The molecule has 0 atom stereocenters. The number of benzene rings is 2. The maximum absolute atomic E-state index is 11.7. The van der Waals surface area contributed by atoms with Crippen LogP contribution in [-0.4, -0.2) is 18.2 Å². The van der Waals surface area contributed by atoms with Crippen molar-refractivity contribution in [3.05, 3.63) is 63.0 Å². The molecule has 0 aromatic heterocycles. The first kappa shape index (κ1) is 17.6. The van der Waals surface area contributed by atoms with Crippen molar-refractivity contribution in [2.45, 2.75) is 6.61 Å². The molecule has 0 radical (unpaired) electrons. The fourth-order valence-electron chi connectivity index (χ4n) is 2.23. The van der Waals surface area contributed by atoms with E-state index < -0.39 is 0 Å². The molecule has 1 amide bonds. The van der Waals surface area contributed by atoms with Crippen LogP contribution in [0.2, 0.25) is 0 Å². The van der Waals surface area contributed by atoms with E-state index in [2.05, 4.69) is 21.2 Å². The number of hydrogen-bond acceptors (Lipinski definition) is 5. The number of thioether (sulfide) groups is 1. The molecule has 1 aliphatic rings. The molecule has 1 saturated heterocycles. The van der Waals surface area contributed by atoms with Crippen LogP contribution in [0.15, 0.2) is 51.8 Å². The van der Waals surface area contributed by atoms with Crippen molar-refractivity contribution in [2.24, 2.45) is 0 Å². The molecule has 0 unspecified atom stereocenters. The van der Waals surface area contributed by atoms with Crippen LogP contribution in [-0.2, 0) is 11.4 Å². The normalized spacial score (nSPS) is 15.4. The molecule has 2 N–H and O–H groups in total. The highest BCUT2D eigenvalue weighted by Crippen LogP contribution is 2.32. The maximum atomic E-state index is 11.7. The van der Waals surface area contributed by atoms with Gasteiger partial charge in [-0.1, -0.05) is 34.1 Å². The smallest absolute Gasteiger partial charge is 0.264 e. The Morgan fingerprint density at radius 1 is 1.20 bits per heavy atom. The number of ether oxygens (including phenoxy) is 2. The van der Waals surface area contributed by atoms with Gasteiger partial charge in [0.05, 0.1) is 12.0 Å². The van der Waals surface area contributed by atoms with Gasteiger partial charge in [0.1, 0.15) is 6.61 Å². The summed E-state index contributed by atoms with van der Waals surface area (Å²) in [6, 6.07) is 13.3. The van der Waals surface area contributed by atoms with Crippen LogP contribution in [0.25, 0.3) is 6.08 Å². The van der Waals surface area contributed by atoms with Gasteiger partial charge < -0.3 is 14.8 Å². The molecule has 128 valence electrons. The highest BCUT2D eigenvalue weighted by molar-refractivity contribution is 9.10. The van der Waals surface area contributed by atoms with Gasteiger partial charge in [0.2, 0.25) is 0 Å². The number of carbonyl (C=O) groups excluding carboxylic acids is 1. The number of nitrogens with one attached hydrogen (secondary N) is 2. The molecular weight excluding hydrogens is 404 g/mol. The van der Waals surface area contributed by atoms with Crippen molar-refractivity contribution in [3.63, 3.8) is 0 Å². The number of carbonyl (C=O) groups is 1. The summed E-state index contributed by atoms with van der Waals surface area (Å²) in [5.41, 5.74) is 1.84. The van der Waals surface area contributed by atoms with Gasteiger partial charge in [-0.15, -0.1) is 0 Å². The molecule has 7 heteroatoms. The van der Waals surface area contributed by atoms with Crippen LogP contribution in [0.5, 0.6) is 11.5 Å². The number of methoxy groups -OCH3 is 1. The first-order chi connectivity index (χ1) is 12.0. The van der Waals surface area contributed by atoms with Crippen molar-refractivity contribution in [2.75, 3.05) is 7.11 Å². The van der Waals surface area contributed by atoms with Crippen molar-refractivity contribution in [3.8, 4) is 11.5 Å². The SMILES string of the molecule is COc1ccc(C=C2SC(=N)NC2=O)cc1OCc1ccc(Br)cc1. The van der Waals surface area contributed by atoms with E-state index in [9.17, 15) is 4.79 Å². The molecule has 25 heavy (non-hydrogen) atoms. The lowest BCUT2D eigenvalue weighted by Crippen LogP contribution is -2.18. The van der Waals surface area contributed by atoms with Crippen LogP contribution in [0.1, 0.15) is 11.1 Å². The zero-order valence-corrected chi connectivity index (χ0v) is 15.7. The van der Waals surface area contributed by atoms with Crippen LogP contribution in [0.4, 0.5) is 0 Å². The summed E-state index contributed by atoms with van der Waals surface area (Å²) in [4.78, 5) is 12.2. The van der Waals surface area contributed by atoms with Crippen molar-refractivity contribution >= 4 is 44.8 Å². The Bertz CT molecular complexity index is 850. The quantitative estimate of drug-likeness (QED) is 0.714. The van der Waals surface area contributed by atoms with Crippen molar-refractivity contribution in [1.29, 1.82) is 5.41 Å². The van der Waals surface area contributed by atoms with E-state index in [4.69, 9.17) is 14.9 Å². The van der Waals surface area contributed by atoms with Gasteiger partial charge in [-0.2, -0.15) is 0 Å². The Morgan fingerprint density at radius 3 is 2.60 bits per heavy atom. The third-order valence-corrected chi connectivity index (χ3v) is 4.81. The minimum absolute atomic E-state index is 0.136. The summed E-state index contributed by atoms with van der Waals surface area (Å²) in [5.74, 6) is 0.955. The standard InChI is InChI=1S/C18H15BrN2O3S/c1-23-14-7-4-12(9-16-17(22)21-18(20)25-16)8-15(14)24-10-11-2-5-13(19)6-3-11/h2-9H,10H2,1H3,(H2,20,21,22). The zero-order chi connectivity index (χ0) is 17.8. The zero-order valence-electron chi connectivity index (χ0n) is 13.3. The second kappa shape index (κ2) is 7.76. The summed E-state index contributed by atoms with van der Waals surface area (Å²) in [6.45, 7) is 0.406. The van der Waals surface area contributed by atoms with E-state index in [-0.39, 0.29) is 11.1 Å². The molecule has 1 fully saturated rings. The molecule has 1 aliphatic heterocycles. The molecule has 0 saturated carbocycles. The molecule has 0 spiro atoms. The third kappa shape index (κ3) is 4.43. The summed E-state index contributed by atoms with van der Waals surface area (Å²) in [7, 11) is 1.58. The molecular formula is C18H15BrN2O3S. The lowest BCUT2D eigenvalue weighted by molar-refractivity contribution is -0.115. The Balaban J connectivity index is 1.80. The van der Waals surface area contributed by atoms with Crippen LogP contribution >= 0.6 is 27.7 Å². The second-order valence-electron chi connectivity index (χ2n) is 5.22. The molecule has 1 heterocycles. The molecule has 5 nitrogen and oxygen atoms in total. The Kier molecular flexibility index (Phi) is 5.45. The van der Waals surface area contributed by atoms with Crippen LogP contribution in [0.3, 0.4) is 0 Å². The average molecular weight is 419 g/mol. The summed E-state index contributed by atoms with van der Waals surface area (Å²) in [6.07, 6.45) is 1.73. The van der Waals surface area contributed by atoms with Crippen molar-refractivity contribution in [1.82, 2.24) is 5.32 Å². The van der Waals surface area contributed by atoms with E-state index >= 15 is 0 Å². The Morgan fingerprint density at radius 2 is 1.96 bits per heavy atom. The third-order valence-electron chi connectivity index (χ3n) is 3.46. The number of rotatable bonds is 5. The summed E-state index contributed by atoms with van der Waals surface area (Å²) < 4.78 is 12.2. The molecule has 0 aliphatic carbocycles. The molecule has 2 aromatic carbocycles. The van der Waals surface area contributed by atoms with Gasteiger partial charge >= 0.3 is 0 Å². The lowest BCUT2D eigenvalue weighted by atomic mass is 10.2. The topological polar surface area (TPSA) is 71.4 Å². The first-order valence-electron chi connectivity index (χ1n) is 7.40. The predicted octanol–water partition coefficient (Wildman–Crippen LogP) is 4.18. The van der Waals surface area contributed by atoms with Gasteiger partial charge in [-0.3, -0.25) is 10.2 Å². The second-order valence-corrected chi connectivity index (χ2v) is 7.19. The Hall–Kier alpha value is -2.25. The van der Waals surface area contributed by atoms with Crippen molar-refractivity contribution < 1.29 is 14.3 Å². The predicted molar refractivity (Wildman–Crippen MR) is 103 cm³/mol. The molecule has 3 rings (SSSR count). The first-order valence-corrected chi connectivity index (χ1v) is 9.01. The van der Waals surface area contributed by atoms with E-state index in [1.54, 1.807) is 19.3 Å². The van der Waals surface area contributed by atoms with Crippen LogP contribution < -0.4 is 14.8 Å². The fraction of sp³-hybridized carbons (Fsp3) is 0.111. The highest BCUT2D eigenvalue weighted by atomic mass is 79.9. The van der Waals surface area contributed by atoms with Gasteiger partial charge in [0.15, 0.2) is 16.7 Å². The van der Waals surface area contributed by atoms with Gasteiger partial charge in [0.25, 0.3) is 5.91 Å². The maximum Gasteiger partial charge on any atom is 0.264 e. The lowest BCUT2D eigenvalue weighted by Gasteiger charge is -2.12. The minimum Gasteiger partial charge on any atom is -0.493 e. The van der Waals surface area contributed by atoms with E-state index in [1.165, 1.54) is 0 Å². The van der Waals surface area contributed by atoms with Gasteiger partial charge in [-0.25, -0.2) is 0 Å². The average Bonchev–Trinajstić information content (AvgIpc) is 2.92. The van der Waals surface area contributed by atoms with E-state index in [1.807, 2.05) is 36.4 Å². The number of amidine groups is 1. The van der Waals surface area contributed by atoms with Gasteiger partial charge in [-0.05, 0) is 53.2 Å². The van der Waals surface area contributed by atoms with E-state index in [0.29, 0.717) is 23.0 Å². The molecule has 0 bridgehead atoms. The molecule has 2 aromatic rings. The summed E-state index contributed by atoms with van der Waals surface area (Å²) >= 11 is 4.51. The van der Waals surface area contributed by atoms with E-state index in [0.717, 1.165) is 27.4 Å². The van der Waals surface area contributed by atoms with Gasteiger partial charge in [0, 0.05) is 4.47 Å². The summed E-state index contributed by atoms with van der Waals surface area (Å²) in [5, 5.41) is 10.1. The number of halogens is 1.